The average molecular weight is 340 g/mol. The van der Waals surface area contributed by atoms with Crippen LogP contribution in [0.15, 0.2) is 18.2 Å². The lowest BCUT2D eigenvalue weighted by Crippen LogP contribution is -2.39. The number of hydrogen-bond donors (Lipinski definition) is 3. The molecular weight excluding hydrogens is 316 g/mol. The Balaban J connectivity index is 2.53. The standard InChI is InChI=1S/C16H24N2O6/c1-4-10(2)14(17)16(21)24-8-7-18(22)15(20)11-5-6-13(23-3)12(19)9-11/h5-6,9-10,14,19,22H,4,7-8,17H2,1-3H3/t10-,14-/m0/s1. The summed E-state index contributed by atoms with van der Waals surface area (Å²) in [6.07, 6.45) is 0.738. The van der Waals surface area contributed by atoms with Crippen molar-refractivity contribution in [2.45, 2.75) is 26.3 Å². The van der Waals surface area contributed by atoms with Crippen molar-refractivity contribution in [1.29, 1.82) is 0 Å². The van der Waals surface area contributed by atoms with Gasteiger partial charge in [-0.3, -0.25) is 14.8 Å². The summed E-state index contributed by atoms with van der Waals surface area (Å²) in [5.74, 6) is -1.35. The van der Waals surface area contributed by atoms with Crippen LogP contribution in [0.25, 0.3) is 0 Å². The number of phenolic OH excluding ortho intramolecular Hbond substituents is 1. The van der Waals surface area contributed by atoms with Crippen LogP contribution in [-0.4, -0.2) is 53.6 Å². The Morgan fingerprint density at radius 3 is 2.58 bits per heavy atom. The van der Waals surface area contributed by atoms with Gasteiger partial charge in [-0.1, -0.05) is 20.3 Å². The number of nitrogens with zero attached hydrogens (tertiary/aromatic N) is 1. The van der Waals surface area contributed by atoms with E-state index in [1.807, 2.05) is 13.8 Å². The monoisotopic (exact) mass is 340 g/mol. The predicted octanol–water partition coefficient (Wildman–Crippen LogP) is 1.15. The van der Waals surface area contributed by atoms with Crippen LogP contribution < -0.4 is 10.5 Å². The molecule has 8 nitrogen and oxygen atoms in total. The van der Waals surface area contributed by atoms with E-state index in [0.717, 1.165) is 6.42 Å². The summed E-state index contributed by atoms with van der Waals surface area (Å²) >= 11 is 0. The summed E-state index contributed by atoms with van der Waals surface area (Å²) in [6, 6.07) is 3.24. The van der Waals surface area contributed by atoms with Gasteiger partial charge in [0.05, 0.1) is 13.7 Å². The van der Waals surface area contributed by atoms with Crippen molar-refractivity contribution in [2.75, 3.05) is 20.3 Å². The largest absolute Gasteiger partial charge is 0.504 e. The van der Waals surface area contributed by atoms with Gasteiger partial charge in [0.15, 0.2) is 11.5 Å². The maximum absolute atomic E-state index is 12.0. The SMILES string of the molecule is CC[C@H](C)[C@H](N)C(=O)OCCN(O)C(=O)c1ccc(OC)c(O)c1. The summed E-state index contributed by atoms with van der Waals surface area (Å²) in [5, 5.41) is 19.8. The number of rotatable bonds is 8. The number of carbonyl (C=O) groups is 2. The van der Waals surface area contributed by atoms with E-state index in [9.17, 15) is 19.9 Å². The lowest BCUT2D eigenvalue weighted by Gasteiger charge is -2.19. The van der Waals surface area contributed by atoms with Gasteiger partial charge in [0.1, 0.15) is 12.6 Å². The van der Waals surface area contributed by atoms with E-state index in [1.54, 1.807) is 0 Å². The summed E-state index contributed by atoms with van der Waals surface area (Å²) in [7, 11) is 1.38. The lowest BCUT2D eigenvalue weighted by atomic mass is 10.0. The Labute approximate surface area is 140 Å². The highest BCUT2D eigenvalue weighted by atomic mass is 16.5. The highest BCUT2D eigenvalue weighted by Gasteiger charge is 2.22. The van der Waals surface area contributed by atoms with Crippen LogP contribution in [0.4, 0.5) is 0 Å². The Kier molecular flexibility index (Phi) is 7.47. The summed E-state index contributed by atoms with van der Waals surface area (Å²) in [5.41, 5.74) is 5.79. The average Bonchev–Trinajstić information content (AvgIpc) is 2.59. The Morgan fingerprint density at radius 2 is 2.04 bits per heavy atom. The Hall–Kier alpha value is -2.32. The van der Waals surface area contributed by atoms with Gasteiger partial charge in [0.25, 0.3) is 5.91 Å². The van der Waals surface area contributed by atoms with Crippen molar-refractivity contribution < 1.29 is 29.4 Å². The first kappa shape index (κ1) is 19.7. The molecule has 0 heterocycles. The van der Waals surface area contributed by atoms with E-state index in [0.29, 0.717) is 5.06 Å². The van der Waals surface area contributed by atoms with Crippen LogP contribution in [0.3, 0.4) is 0 Å². The van der Waals surface area contributed by atoms with Crippen LogP contribution in [0.2, 0.25) is 0 Å². The number of aromatic hydroxyl groups is 1. The second kappa shape index (κ2) is 9.09. The van der Waals surface area contributed by atoms with Gasteiger partial charge in [-0.15, -0.1) is 0 Å². The first-order valence-electron chi connectivity index (χ1n) is 7.61. The van der Waals surface area contributed by atoms with E-state index in [2.05, 4.69) is 0 Å². The van der Waals surface area contributed by atoms with Gasteiger partial charge in [0.2, 0.25) is 0 Å². The van der Waals surface area contributed by atoms with E-state index in [-0.39, 0.29) is 36.1 Å². The quantitative estimate of drug-likeness (QED) is 0.368. The molecule has 1 amide bonds. The number of carbonyl (C=O) groups excluding carboxylic acids is 2. The zero-order chi connectivity index (χ0) is 18.3. The van der Waals surface area contributed by atoms with Gasteiger partial charge < -0.3 is 20.3 Å². The molecule has 0 aliphatic carbocycles. The number of phenols is 1. The van der Waals surface area contributed by atoms with Crippen molar-refractivity contribution in [3.05, 3.63) is 23.8 Å². The molecule has 0 aliphatic heterocycles. The molecule has 0 saturated carbocycles. The molecule has 0 saturated heterocycles. The molecule has 0 bridgehead atoms. The molecule has 0 unspecified atom stereocenters. The fraction of sp³-hybridized carbons (Fsp3) is 0.500. The molecule has 0 aliphatic rings. The molecule has 1 aromatic carbocycles. The maximum Gasteiger partial charge on any atom is 0.323 e. The fourth-order valence-corrected chi connectivity index (χ4v) is 1.89. The van der Waals surface area contributed by atoms with E-state index in [1.165, 1.54) is 25.3 Å². The molecule has 0 fully saturated rings. The minimum atomic E-state index is -0.741. The first-order chi connectivity index (χ1) is 11.3. The summed E-state index contributed by atoms with van der Waals surface area (Å²) < 4.78 is 9.83. The molecular formula is C16H24N2O6. The van der Waals surface area contributed by atoms with Gasteiger partial charge in [-0.2, -0.15) is 0 Å². The van der Waals surface area contributed by atoms with Crippen molar-refractivity contribution in [3.8, 4) is 11.5 Å². The number of hydrogen-bond acceptors (Lipinski definition) is 7. The van der Waals surface area contributed by atoms with E-state index < -0.39 is 17.9 Å². The Morgan fingerprint density at radius 1 is 1.38 bits per heavy atom. The molecule has 4 N–H and O–H groups in total. The Bertz CT molecular complexity index is 578. The number of benzene rings is 1. The number of esters is 1. The van der Waals surface area contributed by atoms with Crippen LogP contribution in [0.1, 0.15) is 30.6 Å². The topological polar surface area (TPSA) is 122 Å². The summed E-state index contributed by atoms with van der Waals surface area (Å²) in [4.78, 5) is 23.7. The van der Waals surface area contributed by atoms with Crippen LogP contribution in [-0.2, 0) is 9.53 Å². The third kappa shape index (κ3) is 5.10. The number of nitrogens with two attached hydrogens (primary N) is 1. The zero-order valence-electron chi connectivity index (χ0n) is 14.1. The number of ether oxygens (including phenoxy) is 2. The molecule has 0 spiro atoms. The van der Waals surface area contributed by atoms with Gasteiger partial charge >= 0.3 is 5.97 Å². The normalized spacial score (nSPS) is 13.0. The van der Waals surface area contributed by atoms with Crippen LogP contribution in [0.5, 0.6) is 11.5 Å². The van der Waals surface area contributed by atoms with Crippen molar-refractivity contribution in [3.63, 3.8) is 0 Å². The molecule has 1 rings (SSSR count). The molecule has 1 aromatic rings. The third-order valence-electron chi connectivity index (χ3n) is 3.74. The van der Waals surface area contributed by atoms with Crippen LogP contribution in [0, 0.1) is 5.92 Å². The van der Waals surface area contributed by atoms with Crippen molar-refractivity contribution in [1.82, 2.24) is 5.06 Å². The third-order valence-corrected chi connectivity index (χ3v) is 3.74. The van der Waals surface area contributed by atoms with Gasteiger partial charge in [-0.05, 0) is 24.1 Å². The van der Waals surface area contributed by atoms with Gasteiger partial charge in [0, 0.05) is 5.56 Å². The fourth-order valence-electron chi connectivity index (χ4n) is 1.89. The summed E-state index contributed by atoms with van der Waals surface area (Å²) in [6.45, 7) is 3.35. The lowest BCUT2D eigenvalue weighted by molar-refractivity contribution is -0.149. The number of methoxy groups -OCH3 is 1. The molecule has 0 radical (unpaired) electrons. The highest BCUT2D eigenvalue weighted by Crippen LogP contribution is 2.26. The van der Waals surface area contributed by atoms with Crippen molar-refractivity contribution >= 4 is 11.9 Å². The first-order valence-corrected chi connectivity index (χ1v) is 7.61. The number of amides is 1. The molecule has 0 aromatic heterocycles. The molecule has 8 heteroatoms. The van der Waals surface area contributed by atoms with Gasteiger partial charge in [-0.25, -0.2) is 5.06 Å². The van der Waals surface area contributed by atoms with Crippen LogP contribution >= 0.6 is 0 Å². The van der Waals surface area contributed by atoms with E-state index >= 15 is 0 Å². The minimum absolute atomic E-state index is 0.0216. The zero-order valence-corrected chi connectivity index (χ0v) is 14.1. The molecule has 2 atom stereocenters. The minimum Gasteiger partial charge on any atom is -0.504 e. The van der Waals surface area contributed by atoms with E-state index in [4.69, 9.17) is 15.2 Å². The molecule has 24 heavy (non-hydrogen) atoms. The maximum atomic E-state index is 12.0. The second-order valence-electron chi connectivity index (χ2n) is 5.39. The predicted molar refractivity (Wildman–Crippen MR) is 85.9 cm³/mol. The molecule has 134 valence electrons. The van der Waals surface area contributed by atoms with Crippen molar-refractivity contribution in [2.24, 2.45) is 11.7 Å². The smallest absolute Gasteiger partial charge is 0.323 e. The second-order valence-corrected chi connectivity index (χ2v) is 5.39. The highest BCUT2D eigenvalue weighted by molar-refractivity contribution is 5.94. The number of hydroxylamine groups is 2.